The zero-order chi connectivity index (χ0) is 9.80. The molecule has 2 rings (SSSR count). The molecule has 2 N–H and O–H groups in total. The average molecular weight is 198 g/mol. The molecule has 1 heterocycles. The molecule has 0 aromatic heterocycles. The molecule has 14 heavy (non-hydrogen) atoms. The molecule has 0 aromatic carbocycles. The van der Waals surface area contributed by atoms with E-state index in [9.17, 15) is 0 Å². The van der Waals surface area contributed by atoms with Crippen LogP contribution in [0.2, 0.25) is 0 Å². The summed E-state index contributed by atoms with van der Waals surface area (Å²) in [4.78, 5) is 0. The van der Waals surface area contributed by atoms with Gasteiger partial charge in [-0.05, 0) is 19.8 Å². The van der Waals surface area contributed by atoms with Crippen LogP contribution in [0.3, 0.4) is 0 Å². The fourth-order valence-corrected chi connectivity index (χ4v) is 2.42. The summed E-state index contributed by atoms with van der Waals surface area (Å²) in [7, 11) is 0. The molecule has 2 fully saturated rings. The minimum atomic E-state index is 0.374. The van der Waals surface area contributed by atoms with Crippen LogP contribution < -0.4 is 10.6 Å². The maximum absolute atomic E-state index is 5.82. The number of rotatable bonds is 3. The summed E-state index contributed by atoms with van der Waals surface area (Å²) in [6.07, 6.45) is 6.26. The van der Waals surface area contributed by atoms with Crippen LogP contribution in [-0.4, -0.2) is 37.9 Å². The Hall–Kier alpha value is -0.120. The zero-order valence-electron chi connectivity index (χ0n) is 9.09. The van der Waals surface area contributed by atoms with Crippen molar-refractivity contribution in [1.29, 1.82) is 0 Å². The highest BCUT2D eigenvalue weighted by Crippen LogP contribution is 2.17. The van der Waals surface area contributed by atoms with Gasteiger partial charge in [-0.3, -0.25) is 0 Å². The third kappa shape index (κ3) is 2.94. The maximum atomic E-state index is 5.82. The fourth-order valence-electron chi connectivity index (χ4n) is 2.42. The molecule has 0 aromatic rings. The van der Waals surface area contributed by atoms with E-state index in [1.807, 2.05) is 0 Å². The predicted octanol–water partition coefficient (Wildman–Crippen LogP) is 0.895. The van der Waals surface area contributed by atoms with E-state index in [4.69, 9.17) is 4.74 Å². The molecule has 1 saturated carbocycles. The first-order chi connectivity index (χ1) is 6.84. The third-order valence-corrected chi connectivity index (χ3v) is 3.22. The molecule has 3 heteroatoms. The van der Waals surface area contributed by atoms with E-state index in [1.54, 1.807) is 0 Å². The quantitative estimate of drug-likeness (QED) is 0.707. The zero-order valence-corrected chi connectivity index (χ0v) is 9.09. The van der Waals surface area contributed by atoms with Gasteiger partial charge in [0.1, 0.15) is 0 Å². The Kier molecular flexibility index (Phi) is 3.79. The monoisotopic (exact) mass is 198 g/mol. The second kappa shape index (κ2) is 5.10. The molecule has 0 bridgehead atoms. The topological polar surface area (TPSA) is 33.3 Å². The van der Waals surface area contributed by atoms with Crippen molar-refractivity contribution >= 4 is 0 Å². The standard InChI is InChI=1S/C11H22N2O/c1-9-6-12-7-11(14-9)8-13-10-4-2-3-5-10/h9-13H,2-8H2,1H3/t9-,11+/m1/s1. The molecular formula is C11H22N2O. The van der Waals surface area contributed by atoms with Gasteiger partial charge in [-0.1, -0.05) is 12.8 Å². The first-order valence-electron chi connectivity index (χ1n) is 5.94. The van der Waals surface area contributed by atoms with Crippen molar-refractivity contribution in [3.8, 4) is 0 Å². The smallest absolute Gasteiger partial charge is 0.0827 e. The minimum absolute atomic E-state index is 0.374. The van der Waals surface area contributed by atoms with Gasteiger partial charge in [0.15, 0.2) is 0 Å². The highest BCUT2D eigenvalue weighted by molar-refractivity contribution is 4.78. The third-order valence-electron chi connectivity index (χ3n) is 3.22. The van der Waals surface area contributed by atoms with Gasteiger partial charge in [-0.2, -0.15) is 0 Å². The van der Waals surface area contributed by atoms with Crippen LogP contribution >= 0.6 is 0 Å². The molecule has 0 radical (unpaired) electrons. The number of ether oxygens (including phenoxy) is 1. The van der Waals surface area contributed by atoms with E-state index in [0.717, 1.165) is 25.7 Å². The van der Waals surface area contributed by atoms with Crippen LogP contribution in [0.15, 0.2) is 0 Å². The van der Waals surface area contributed by atoms with E-state index >= 15 is 0 Å². The number of hydrogen-bond acceptors (Lipinski definition) is 3. The summed E-state index contributed by atoms with van der Waals surface area (Å²) in [5, 5.41) is 7.00. The van der Waals surface area contributed by atoms with Gasteiger partial charge >= 0.3 is 0 Å². The SMILES string of the molecule is C[C@@H]1CNC[C@@H](CNC2CCCC2)O1. The largest absolute Gasteiger partial charge is 0.371 e. The van der Waals surface area contributed by atoms with Crippen molar-refractivity contribution in [1.82, 2.24) is 10.6 Å². The summed E-state index contributed by atoms with van der Waals surface area (Å²) in [6.45, 7) is 5.15. The van der Waals surface area contributed by atoms with Gasteiger partial charge in [0.2, 0.25) is 0 Å². The van der Waals surface area contributed by atoms with Crippen LogP contribution in [-0.2, 0) is 4.74 Å². The Balaban J connectivity index is 1.64. The van der Waals surface area contributed by atoms with E-state index in [-0.39, 0.29) is 0 Å². The molecule has 0 amide bonds. The first kappa shape index (κ1) is 10.4. The Bertz CT molecular complexity index is 169. The van der Waals surface area contributed by atoms with Crippen LogP contribution in [0.25, 0.3) is 0 Å². The summed E-state index contributed by atoms with van der Waals surface area (Å²) in [5.41, 5.74) is 0. The lowest BCUT2D eigenvalue weighted by Gasteiger charge is -2.29. The van der Waals surface area contributed by atoms with Gasteiger partial charge in [0, 0.05) is 25.7 Å². The van der Waals surface area contributed by atoms with Gasteiger partial charge in [-0.15, -0.1) is 0 Å². The van der Waals surface area contributed by atoms with Crippen molar-refractivity contribution in [2.45, 2.75) is 50.9 Å². The summed E-state index contributed by atoms with van der Waals surface area (Å²) in [5.74, 6) is 0. The average Bonchev–Trinajstić information content (AvgIpc) is 2.67. The molecule has 1 saturated heterocycles. The molecule has 3 nitrogen and oxygen atoms in total. The Morgan fingerprint density at radius 3 is 2.79 bits per heavy atom. The molecule has 2 atom stereocenters. The van der Waals surface area contributed by atoms with Crippen LogP contribution in [0.4, 0.5) is 0 Å². The summed E-state index contributed by atoms with van der Waals surface area (Å²) in [6, 6.07) is 0.760. The molecule has 82 valence electrons. The Morgan fingerprint density at radius 2 is 2.07 bits per heavy atom. The number of nitrogens with one attached hydrogen (secondary N) is 2. The van der Waals surface area contributed by atoms with Crippen molar-refractivity contribution in [3.05, 3.63) is 0 Å². The molecule has 1 aliphatic heterocycles. The lowest BCUT2D eigenvalue weighted by molar-refractivity contribution is -0.0267. The van der Waals surface area contributed by atoms with E-state index in [0.29, 0.717) is 12.2 Å². The minimum Gasteiger partial charge on any atom is -0.371 e. The summed E-state index contributed by atoms with van der Waals surface area (Å²) >= 11 is 0. The van der Waals surface area contributed by atoms with Gasteiger partial charge < -0.3 is 15.4 Å². The lowest BCUT2D eigenvalue weighted by atomic mass is 10.2. The van der Waals surface area contributed by atoms with Crippen molar-refractivity contribution in [3.63, 3.8) is 0 Å². The number of morpholine rings is 1. The van der Waals surface area contributed by atoms with Gasteiger partial charge in [0.25, 0.3) is 0 Å². The predicted molar refractivity (Wildman–Crippen MR) is 57.5 cm³/mol. The molecule has 2 aliphatic rings. The van der Waals surface area contributed by atoms with Crippen LogP contribution in [0, 0.1) is 0 Å². The second-order valence-electron chi connectivity index (χ2n) is 4.62. The van der Waals surface area contributed by atoms with E-state index in [1.165, 1.54) is 25.7 Å². The Labute approximate surface area is 86.6 Å². The molecule has 1 aliphatic carbocycles. The number of hydrogen-bond donors (Lipinski definition) is 2. The maximum Gasteiger partial charge on any atom is 0.0827 e. The first-order valence-corrected chi connectivity index (χ1v) is 5.94. The van der Waals surface area contributed by atoms with Crippen molar-refractivity contribution < 1.29 is 4.74 Å². The van der Waals surface area contributed by atoms with Crippen molar-refractivity contribution in [2.75, 3.05) is 19.6 Å². The van der Waals surface area contributed by atoms with Crippen molar-refractivity contribution in [2.24, 2.45) is 0 Å². The Morgan fingerprint density at radius 1 is 1.29 bits per heavy atom. The summed E-state index contributed by atoms with van der Waals surface area (Å²) < 4.78 is 5.82. The molecular weight excluding hydrogens is 176 g/mol. The molecule has 0 unspecified atom stereocenters. The fraction of sp³-hybridized carbons (Fsp3) is 1.00. The highest BCUT2D eigenvalue weighted by atomic mass is 16.5. The molecule has 0 spiro atoms. The second-order valence-corrected chi connectivity index (χ2v) is 4.62. The van der Waals surface area contributed by atoms with E-state index < -0.39 is 0 Å². The van der Waals surface area contributed by atoms with Gasteiger partial charge in [0.05, 0.1) is 12.2 Å². The highest BCUT2D eigenvalue weighted by Gasteiger charge is 2.20. The van der Waals surface area contributed by atoms with E-state index in [2.05, 4.69) is 17.6 Å². The normalized spacial score (nSPS) is 34.9. The van der Waals surface area contributed by atoms with Crippen LogP contribution in [0.5, 0.6) is 0 Å². The lowest BCUT2D eigenvalue weighted by Crippen LogP contribution is -2.48. The van der Waals surface area contributed by atoms with Crippen LogP contribution in [0.1, 0.15) is 32.6 Å². The van der Waals surface area contributed by atoms with Gasteiger partial charge in [-0.25, -0.2) is 0 Å².